The molecular formula is C8H18N2O2. The van der Waals surface area contributed by atoms with Crippen molar-refractivity contribution in [3.05, 3.63) is 0 Å². The van der Waals surface area contributed by atoms with Crippen LogP contribution in [-0.4, -0.2) is 29.2 Å². The lowest BCUT2D eigenvalue weighted by Crippen LogP contribution is -2.42. The van der Waals surface area contributed by atoms with Gasteiger partial charge in [0.1, 0.15) is 0 Å². The number of rotatable bonds is 4. The molecule has 0 saturated carbocycles. The first kappa shape index (κ1) is 11.4. The fraction of sp³-hybridized carbons (Fsp3) is 0.875. The molecule has 0 aliphatic rings. The van der Waals surface area contributed by atoms with Gasteiger partial charge in [-0.15, -0.1) is 0 Å². The summed E-state index contributed by atoms with van der Waals surface area (Å²) in [4.78, 5) is 11.1. The highest BCUT2D eigenvalue weighted by atomic mass is 16.3. The maximum absolute atomic E-state index is 11.1. The number of nitrogens with one attached hydrogen (secondary N) is 1. The first-order chi connectivity index (χ1) is 5.35. The third kappa shape index (κ3) is 6.12. The summed E-state index contributed by atoms with van der Waals surface area (Å²) in [5, 5.41) is 11.3. The highest BCUT2D eigenvalue weighted by Crippen LogP contribution is 2.02. The van der Waals surface area contributed by atoms with E-state index >= 15 is 0 Å². The van der Waals surface area contributed by atoms with E-state index in [2.05, 4.69) is 5.32 Å². The molecule has 12 heavy (non-hydrogen) atoms. The van der Waals surface area contributed by atoms with Crippen LogP contribution in [0, 0.1) is 0 Å². The monoisotopic (exact) mass is 174 g/mol. The fourth-order valence-electron chi connectivity index (χ4n) is 0.785. The standard InChI is InChI=1S/C8H18N2O2/c1-6(5-11)10-7(12)4-8(2,3)9/h6,11H,4-5,9H2,1-3H3,(H,10,12)/t6-/m1/s1. The van der Waals surface area contributed by atoms with Gasteiger partial charge in [-0.1, -0.05) is 0 Å². The summed E-state index contributed by atoms with van der Waals surface area (Å²) in [6, 6.07) is -0.195. The topological polar surface area (TPSA) is 75.3 Å². The van der Waals surface area contributed by atoms with Crippen LogP contribution in [0.3, 0.4) is 0 Å². The quantitative estimate of drug-likeness (QED) is 0.543. The van der Waals surface area contributed by atoms with Gasteiger partial charge < -0.3 is 16.2 Å². The third-order valence-corrected chi connectivity index (χ3v) is 1.30. The minimum absolute atomic E-state index is 0.0449. The van der Waals surface area contributed by atoms with Crippen molar-refractivity contribution in [2.45, 2.75) is 38.8 Å². The number of amides is 1. The van der Waals surface area contributed by atoms with Crippen LogP contribution in [0.5, 0.6) is 0 Å². The molecule has 0 aromatic heterocycles. The zero-order chi connectivity index (χ0) is 9.78. The Hall–Kier alpha value is -0.610. The predicted octanol–water partition coefficient (Wildman–Crippen LogP) is -0.389. The molecule has 1 amide bonds. The largest absolute Gasteiger partial charge is 0.394 e. The van der Waals surface area contributed by atoms with E-state index in [4.69, 9.17) is 10.8 Å². The molecule has 0 unspecified atom stereocenters. The lowest BCUT2D eigenvalue weighted by Gasteiger charge is -2.19. The second kappa shape index (κ2) is 4.42. The van der Waals surface area contributed by atoms with Gasteiger partial charge in [-0.05, 0) is 20.8 Å². The van der Waals surface area contributed by atoms with Crippen molar-refractivity contribution in [1.29, 1.82) is 0 Å². The summed E-state index contributed by atoms with van der Waals surface area (Å²) in [6.45, 7) is 5.27. The maximum atomic E-state index is 11.1. The Kier molecular flexibility index (Phi) is 4.20. The number of aliphatic hydroxyl groups is 1. The lowest BCUT2D eigenvalue weighted by atomic mass is 10.0. The molecule has 0 rings (SSSR count). The van der Waals surface area contributed by atoms with E-state index < -0.39 is 5.54 Å². The van der Waals surface area contributed by atoms with Gasteiger partial charge in [0.25, 0.3) is 0 Å². The summed E-state index contributed by atoms with van der Waals surface area (Å²) in [6.07, 6.45) is 0.275. The van der Waals surface area contributed by atoms with Gasteiger partial charge in [0.05, 0.1) is 6.61 Å². The van der Waals surface area contributed by atoms with Crippen molar-refractivity contribution in [1.82, 2.24) is 5.32 Å². The van der Waals surface area contributed by atoms with Crippen LogP contribution in [0.25, 0.3) is 0 Å². The fourth-order valence-corrected chi connectivity index (χ4v) is 0.785. The average molecular weight is 174 g/mol. The second-order valence-corrected chi connectivity index (χ2v) is 3.82. The number of nitrogens with two attached hydrogens (primary N) is 1. The molecule has 0 fully saturated rings. The normalized spacial score (nSPS) is 14.1. The van der Waals surface area contributed by atoms with Crippen LogP contribution in [0.15, 0.2) is 0 Å². The van der Waals surface area contributed by atoms with Gasteiger partial charge >= 0.3 is 0 Å². The highest BCUT2D eigenvalue weighted by Gasteiger charge is 2.16. The minimum Gasteiger partial charge on any atom is -0.394 e. The van der Waals surface area contributed by atoms with Gasteiger partial charge in [0.2, 0.25) is 5.91 Å². The van der Waals surface area contributed by atoms with Crippen molar-refractivity contribution in [3.8, 4) is 0 Å². The van der Waals surface area contributed by atoms with E-state index in [1.807, 2.05) is 0 Å². The first-order valence-electron chi connectivity index (χ1n) is 4.04. The zero-order valence-corrected chi connectivity index (χ0v) is 7.92. The number of aliphatic hydroxyl groups excluding tert-OH is 1. The summed E-state index contributed by atoms with van der Waals surface area (Å²) >= 11 is 0. The Morgan fingerprint density at radius 2 is 2.17 bits per heavy atom. The molecule has 0 heterocycles. The van der Waals surface area contributed by atoms with E-state index in [1.54, 1.807) is 20.8 Å². The Morgan fingerprint density at radius 1 is 1.67 bits per heavy atom. The van der Waals surface area contributed by atoms with Gasteiger partial charge in [-0.2, -0.15) is 0 Å². The molecule has 4 heteroatoms. The van der Waals surface area contributed by atoms with Crippen LogP contribution in [0.2, 0.25) is 0 Å². The van der Waals surface area contributed by atoms with E-state index in [9.17, 15) is 4.79 Å². The van der Waals surface area contributed by atoms with Crippen LogP contribution in [0.1, 0.15) is 27.2 Å². The van der Waals surface area contributed by atoms with Crippen molar-refractivity contribution in [3.63, 3.8) is 0 Å². The van der Waals surface area contributed by atoms with Gasteiger partial charge in [0, 0.05) is 18.0 Å². The van der Waals surface area contributed by atoms with Crippen LogP contribution < -0.4 is 11.1 Å². The summed E-state index contributed by atoms with van der Waals surface area (Å²) < 4.78 is 0. The van der Waals surface area contributed by atoms with E-state index in [0.717, 1.165) is 0 Å². The van der Waals surface area contributed by atoms with Gasteiger partial charge in [0.15, 0.2) is 0 Å². The molecule has 0 bridgehead atoms. The summed E-state index contributed by atoms with van der Waals surface area (Å²) in [7, 11) is 0. The molecule has 0 aliphatic carbocycles. The van der Waals surface area contributed by atoms with Crippen LogP contribution >= 0.6 is 0 Å². The van der Waals surface area contributed by atoms with E-state index in [0.29, 0.717) is 0 Å². The Balaban J connectivity index is 3.75. The molecule has 4 nitrogen and oxygen atoms in total. The number of carbonyl (C=O) groups excluding carboxylic acids is 1. The molecule has 0 saturated heterocycles. The lowest BCUT2D eigenvalue weighted by molar-refractivity contribution is -0.122. The van der Waals surface area contributed by atoms with Crippen molar-refractivity contribution < 1.29 is 9.90 Å². The number of carbonyl (C=O) groups is 1. The predicted molar refractivity (Wildman–Crippen MR) is 47.6 cm³/mol. The molecule has 0 aromatic carbocycles. The Morgan fingerprint density at radius 3 is 2.50 bits per heavy atom. The van der Waals surface area contributed by atoms with Gasteiger partial charge in [-0.3, -0.25) is 4.79 Å². The van der Waals surface area contributed by atoms with E-state index in [1.165, 1.54) is 0 Å². The number of hydrogen-bond acceptors (Lipinski definition) is 3. The molecule has 0 aliphatic heterocycles. The third-order valence-electron chi connectivity index (χ3n) is 1.30. The molecule has 4 N–H and O–H groups in total. The molecule has 0 aromatic rings. The SMILES string of the molecule is C[C@H](CO)NC(=O)CC(C)(C)N. The first-order valence-corrected chi connectivity index (χ1v) is 4.04. The molecule has 72 valence electrons. The highest BCUT2D eigenvalue weighted by molar-refractivity contribution is 5.77. The summed E-state index contributed by atoms with van der Waals surface area (Å²) in [5.74, 6) is -0.121. The second-order valence-electron chi connectivity index (χ2n) is 3.82. The maximum Gasteiger partial charge on any atom is 0.222 e. The smallest absolute Gasteiger partial charge is 0.222 e. The van der Waals surface area contributed by atoms with E-state index in [-0.39, 0.29) is 25.0 Å². The van der Waals surface area contributed by atoms with Crippen molar-refractivity contribution >= 4 is 5.91 Å². The molecular weight excluding hydrogens is 156 g/mol. The number of hydrogen-bond donors (Lipinski definition) is 3. The zero-order valence-electron chi connectivity index (χ0n) is 7.92. The molecule has 0 radical (unpaired) electrons. The summed E-state index contributed by atoms with van der Waals surface area (Å²) in [5.41, 5.74) is 5.14. The van der Waals surface area contributed by atoms with Crippen LogP contribution in [-0.2, 0) is 4.79 Å². The molecule has 1 atom stereocenters. The van der Waals surface area contributed by atoms with Gasteiger partial charge in [-0.25, -0.2) is 0 Å². The molecule has 0 spiro atoms. The minimum atomic E-state index is -0.487. The Labute approximate surface area is 73.1 Å². The van der Waals surface area contributed by atoms with Crippen LogP contribution in [0.4, 0.5) is 0 Å². The van der Waals surface area contributed by atoms with Crippen molar-refractivity contribution in [2.24, 2.45) is 5.73 Å². The Bertz CT molecular complexity index is 152. The van der Waals surface area contributed by atoms with Crippen molar-refractivity contribution in [2.75, 3.05) is 6.61 Å². The average Bonchev–Trinajstić information content (AvgIpc) is 1.82.